The summed E-state index contributed by atoms with van der Waals surface area (Å²) < 4.78 is 0. The summed E-state index contributed by atoms with van der Waals surface area (Å²) >= 11 is 0. The fraction of sp³-hybridized carbons (Fsp3) is 0.818. The van der Waals surface area contributed by atoms with Crippen LogP contribution in [0.4, 0.5) is 0 Å². The van der Waals surface area contributed by atoms with Gasteiger partial charge in [0.15, 0.2) is 0 Å². The molecule has 0 aromatic carbocycles. The average Bonchev–Trinajstić information content (AvgIpc) is 2.45. The maximum atomic E-state index is 4.00. The van der Waals surface area contributed by atoms with Crippen LogP contribution in [0, 0.1) is 17.8 Å². The fourth-order valence-electron chi connectivity index (χ4n) is 3.07. The van der Waals surface area contributed by atoms with Gasteiger partial charge in [0, 0.05) is 0 Å². The van der Waals surface area contributed by atoms with Crippen molar-refractivity contribution in [1.82, 2.24) is 0 Å². The number of allylic oxidation sites excluding steroid dienone is 1. The predicted octanol–water partition coefficient (Wildman–Crippen LogP) is 3.39. The van der Waals surface area contributed by atoms with Gasteiger partial charge in [0.2, 0.25) is 0 Å². The smallest absolute Gasteiger partial charge is 0.0295 e. The van der Waals surface area contributed by atoms with Gasteiger partial charge in [-0.25, -0.2) is 0 Å². The van der Waals surface area contributed by atoms with Crippen LogP contribution in [0.1, 0.15) is 39.0 Å². The van der Waals surface area contributed by atoms with Crippen molar-refractivity contribution in [3.8, 4) is 0 Å². The number of fused-ring (bicyclic) bond motifs is 2. The van der Waals surface area contributed by atoms with Crippen molar-refractivity contribution >= 4 is 0 Å². The van der Waals surface area contributed by atoms with Crippen LogP contribution in [0.15, 0.2) is 12.2 Å². The monoisotopic (exact) mass is 150 g/mol. The van der Waals surface area contributed by atoms with Crippen LogP contribution in [0.3, 0.4) is 0 Å². The standard InChI is InChI=1S/C11H18/c1-8(2)5-11-7-9-3-4-10(11)6-9/h9-11H,1,3-7H2,2H3/t9-,10+,11?/m1/s1. The van der Waals surface area contributed by atoms with Crippen molar-refractivity contribution in [2.75, 3.05) is 0 Å². The van der Waals surface area contributed by atoms with Crippen LogP contribution >= 0.6 is 0 Å². The summed E-state index contributed by atoms with van der Waals surface area (Å²) in [6.07, 6.45) is 7.40. The number of rotatable bonds is 2. The third-order valence-electron chi connectivity index (χ3n) is 3.50. The molecule has 3 atom stereocenters. The van der Waals surface area contributed by atoms with Gasteiger partial charge in [-0.3, -0.25) is 0 Å². The van der Waals surface area contributed by atoms with E-state index in [2.05, 4.69) is 13.5 Å². The van der Waals surface area contributed by atoms with E-state index in [0.717, 1.165) is 17.8 Å². The Morgan fingerprint density at radius 3 is 2.64 bits per heavy atom. The molecule has 1 unspecified atom stereocenters. The van der Waals surface area contributed by atoms with E-state index in [1.54, 1.807) is 0 Å². The lowest BCUT2D eigenvalue weighted by atomic mass is 9.85. The zero-order valence-corrected chi connectivity index (χ0v) is 7.47. The molecule has 0 heterocycles. The van der Waals surface area contributed by atoms with Gasteiger partial charge in [0.1, 0.15) is 0 Å². The van der Waals surface area contributed by atoms with E-state index in [4.69, 9.17) is 0 Å². The molecule has 62 valence electrons. The zero-order chi connectivity index (χ0) is 7.84. The molecule has 0 aliphatic heterocycles. The van der Waals surface area contributed by atoms with E-state index in [1.165, 1.54) is 37.7 Å². The highest BCUT2D eigenvalue weighted by Crippen LogP contribution is 2.50. The molecule has 11 heavy (non-hydrogen) atoms. The highest BCUT2D eigenvalue weighted by Gasteiger charge is 2.38. The molecule has 0 saturated heterocycles. The minimum absolute atomic E-state index is 1.02. The number of hydrogen-bond donors (Lipinski definition) is 0. The first-order chi connectivity index (χ1) is 5.25. The minimum Gasteiger partial charge on any atom is -0.100 e. The lowest BCUT2D eigenvalue weighted by Gasteiger charge is -2.21. The maximum absolute atomic E-state index is 4.00. The second-order valence-corrected chi connectivity index (χ2v) is 4.60. The molecule has 2 saturated carbocycles. The molecule has 2 aliphatic rings. The lowest BCUT2D eigenvalue weighted by Crippen LogP contribution is -2.10. The summed E-state index contributed by atoms with van der Waals surface area (Å²) in [5, 5.41) is 0. The summed E-state index contributed by atoms with van der Waals surface area (Å²) in [7, 11) is 0. The third kappa shape index (κ3) is 1.36. The molecule has 2 rings (SSSR count). The molecule has 0 amide bonds. The molecule has 0 radical (unpaired) electrons. The molecule has 2 fully saturated rings. The molecule has 2 bridgehead atoms. The molecule has 0 aromatic heterocycles. The predicted molar refractivity (Wildman–Crippen MR) is 48.4 cm³/mol. The Labute approximate surface area is 69.7 Å². The second-order valence-electron chi connectivity index (χ2n) is 4.60. The Morgan fingerprint density at radius 2 is 2.18 bits per heavy atom. The van der Waals surface area contributed by atoms with E-state index in [-0.39, 0.29) is 0 Å². The van der Waals surface area contributed by atoms with Gasteiger partial charge in [0.05, 0.1) is 0 Å². The highest BCUT2D eigenvalue weighted by atomic mass is 14.4. The van der Waals surface area contributed by atoms with Crippen LogP contribution in [0.2, 0.25) is 0 Å². The fourth-order valence-corrected chi connectivity index (χ4v) is 3.07. The maximum Gasteiger partial charge on any atom is -0.0295 e. The van der Waals surface area contributed by atoms with Gasteiger partial charge in [-0.1, -0.05) is 12.0 Å². The molecular weight excluding hydrogens is 132 g/mol. The molecule has 2 aliphatic carbocycles. The summed E-state index contributed by atoms with van der Waals surface area (Å²) in [4.78, 5) is 0. The van der Waals surface area contributed by atoms with Gasteiger partial charge >= 0.3 is 0 Å². The van der Waals surface area contributed by atoms with Gasteiger partial charge in [-0.2, -0.15) is 0 Å². The van der Waals surface area contributed by atoms with E-state index in [0.29, 0.717) is 0 Å². The Kier molecular flexibility index (Phi) is 1.78. The van der Waals surface area contributed by atoms with Crippen molar-refractivity contribution in [2.45, 2.75) is 39.0 Å². The largest absolute Gasteiger partial charge is 0.100 e. The Bertz CT molecular complexity index is 169. The van der Waals surface area contributed by atoms with E-state index < -0.39 is 0 Å². The zero-order valence-electron chi connectivity index (χ0n) is 7.47. The first-order valence-corrected chi connectivity index (χ1v) is 4.90. The van der Waals surface area contributed by atoms with Crippen molar-refractivity contribution in [1.29, 1.82) is 0 Å². The van der Waals surface area contributed by atoms with Gasteiger partial charge in [-0.05, 0) is 50.4 Å². The summed E-state index contributed by atoms with van der Waals surface area (Å²) in [5.41, 5.74) is 1.39. The van der Waals surface area contributed by atoms with Crippen molar-refractivity contribution in [3.05, 3.63) is 12.2 Å². The second kappa shape index (κ2) is 2.66. The summed E-state index contributed by atoms with van der Waals surface area (Å²) in [5.74, 6) is 3.20. The SMILES string of the molecule is C=C(C)CC1C[C@@H]2CC[C@H]1C2. The normalized spacial score (nSPS) is 41.4. The first-order valence-electron chi connectivity index (χ1n) is 4.90. The van der Waals surface area contributed by atoms with Crippen LogP contribution in [-0.2, 0) is 0 Å². The van der Waals surface area contributed by atoms with Crippen molar-refractivity contribution in [2.24, 2.45) is 17.8 Å². The Morgan fingerprint density at radius 1 is 1.36 bits per heavy atom. The quantitative estimate of drug-likeness (QED) is 0.529. The van der Waals surface area contributed by atoms with Crippen LogP contribution in [0.5, 0.6) is 0 Å². The Balaban J connectivity index is 1.92. The molecular formula is C11H18. The van der Waals surface area contributed by atoms with E-state index in [9.17, 15) is 0 Å². The number of hydrogen-bond acceptors (Lipinski definition) is 0. The highest BCUT2D eigenvalue weighted by molar-refractivity contribution is 4.98. The summed E-state index contributed by atoms with van der Waals surface area (Å²) in [6.45, 7) is 6.17. The van der Waals surface area contributed by atoms with Crippen LogP contribution in [-0.4, -0.2) is 0 Å². The van der Waals surface area contributed by atoms with Crippen molar-refractivity contribution < 1.29 is 0 Å². The average molecular weight is 150 g/mol. The lowest BCUT2D eigenvalue weighted by molar-refractivity contribution is 0.331. The molecule has 0 N–H and O–H groups in total. The minimum atomic E-state index is 1.02. The Hall–Kier alpha value is -0.260. The van der Waals surface area contributed by atoms with Gasteiger partial charge in [0.25, 0.3) is 0 Å². The molecule has 0 nitrogen and oxygen atoms in total. The summed E-state index contributed by atoms with van der Waals surface area (Å²) in [6, 6.07) is 0. The topological polar surface area (TPSA) is 0 Å². The van der Waals surface area contributed by atoms with E-state index >= 15 is 0 Å². The van der Waals surface area contributed by atoms with E-state index in [1.807, 2.05) is 0 Å². The van der Waals surface area contributed by atoms with Crippen molar-refractivity contribution in [3.63, 3.8) is 0 Å². The molecule has 0 spiro atoms. The van der Waals surface area contributed by atoms with Gasteiger partial charge < -0.3 is 0 Å². The van der Waals surface area contributed by atoms with Gasteiger partial charge in [-0.15, -0.1) is 6.58 Å². The molecule has 0 heteroatoms. The van der Waals surface area contributed by atoms with Crippen LogP contribution in [0.25, 0.3) is 0 Å². The van der Waals surface area contributed by atoms with Crippen LogP contribution < -0.4 is 0 Å². The third-order valence-corrected chi connectivity index (χ3v) is 3.50. The molecule has 0 aromatic rings. The first kappa shape index (κ1) is 7.39.